The number of methoxy groups -OCH3 is 1. The van der Waals surface area contributed by atoms with Crippen LogP contribution in [0.4, 0.5) is 4.79 Å². The van der Waals surface area contributed by atoms with Crippen molar-refractivity contribution < 1.29 is 24.0 Å². The summed E-state index contributed by atoms with van der Waals surface area (Å²) in [4.78, 5) is 64.1. The number of benzene rings is 2. The predicted octanol–water partition coefficient (Wildman–Crippen LogP) is 5.96. The maximum absolute atomic E-state index is 13.8. The molecule has 3 N–H and O–H groups in total. The molecule has 3 amide bonds. The molecule has 53 heavy (non-hydrogen) atoms. The minimum atomic E-state index is -0.790. The average Bonchev–Trinajstić information content (AvgIpc) is 3.98. The van der Waals surface area contributed by atoms with Crippen molar-refractivity contribution in [2.45, 2.75) is 72.0 Å². The van der Waals surface area contributed by atoms with Gasteiger partial charge in [0.1, 0.15) is 24.8 Å². The highest BCUT2D eigenvalue weighted by Gasteiger charge is 2.40. The first kappa shape index (κ1) is 37.1. The lowest BCUT2D eigenvalue weighted by atomic mass is 9.96. The molecule has 0 radical (unpaired) electrons. The summed E-state index contributed by atoms with van der Waals surface area (Å²) < 4.78 is 4.77. The Kier molecular flexibility index (Phi) is 11.2. The molecule has 0 saturated carbocycles. The molecule has 0 bridgehead atoms. The van der Waals surface area contributed by atoms with E-state index in [-0.39, 0.29) is 36.2 Å². The molecule has 2 fully saturated rings. The lowest BCUT2D eigenvalue weighted by molar-refractivity contribution is -0.137. The number of alkyl carbamates (subject to hydrolysis) is 1. The van der Waals surface area contributed by atoms with Crippen LogP contribution < -0.4 is 5.32 Å². The highest BCUT2D eigenvalue weighted by Crippen LogP contribution is 2.34. The quantitative estimate of drug-likeness (QED) is 0.142. The van der Waals surface area contributed by atoms with Crippen molar-refractivity contribution in [3.63, 3.8) is 0 Å². The van der Waals surface area contributed by atoms with E-state index in [2.05, 4.69) is 46.1 Å². The number of ether oxygens (including phenoxy) is 1. The van der Waals surface area contributed by atoms with E-state index in [0.717, 1.165) is 58.6 Å². The Balaban J connectivity index is 1.16. The molecule has 4 aromatic rings. The zero-order valence-electron chi connectivity index (χ0n) is 31.4. The van der Waals surface area contributed by atoms with Gasteiger partial charge in [-0.15, -0.1) is 0 Å². The summed E-state index contributed by atoms with van der Waals surface area (Å²) in [5.41, 5.74) is 5.67. The van der Waals surface area contributed by atoms with Gasteiger partial charge < -0.3 is 34.7 Å². The van der Waals surface area contributed by atoms with Crippen molar-refractivity contribution in [3.05, 3.63) is 71.4 Å². The second-order valence-corrected chi connectivity index (χ2v) is 14.5. The zero-order valence-corrected chi connectivity index (χ0v) is 31.4. The molecule has 2 saturated heterocycles. The van der Waals surface area contributed by atoms with Gasteiger partial charge in [0.05, 0.1) is 48.2 Å². The number of aromatic nitrogens is 4. The smallest absolute Gasteiger partial charge is 0.407 e. The van der Waals surface area contributed by atoms with E-state index in [1.165, 1.54) is 14.2 Å². The molecule has 2 aliphatic rings. The van der Waals surface area contributed by atoms with Crippen LogP contribution in [0.25, 0.3) is 22.3 Å². The number of imidazole rings is 2. The van der Waals surface area contributed by atoms with Gasteiger partial charge in [0.15, 0.2) is 0 Å². The SMILES string of the molecule is CO/N=C1/C[C@@H](c2nc3cc(C#Cc4ccc(-c5c[nH]c([C@@H]6CCCN6C(=O)[C@@H](C)C(C)C)n5)cc4)ccc3[nH]2)N(C(=O)[C@@H](NC(=O)OC)C(C)C)C1. The number of aromatic amines is 2. The molecule has 6 rings (SSSR count). The summed E-state index contributed by atoms with van der Waals surface area (Å²) in [6, 6.07) is 12.5. The van der Waals surface area contributed by atoms with Gasteiger partial charge in [0.2, 0.25) is 11.8 Å². The minimum absolute atomic E-state index is 0.0236. The normalized spacial score (nSPS) is 19.1. The van der Waals surface area contributed by atoms with E-state index in [0.29, 0.717) is 23.9 Å². The number of carbonyl (C=O) groups is 3. The minimum Gasteiger partial charge on any atom is -0.453 e. The Morgan fingerprint density at radius 1 is 0.906 bits per heavy atom. The van der Waals surface area contributed by atoms with Crippen LogP contribution in [0.3, 0.4) is 0 Å². The van der Waals surface area contributed by atoms with Crippen molar-refractivity contribution in [2.24, 2.45) is 22.9 Å². The van der Waals surface area contributed by atoms with Crippen molar-refractivity contribution in [1.82, 2.24) is 35.1 Å². The number of H-pyrrole nitrogens is 2. The molecule has 2 aromatic heterocycles. The summed E-state index contributed by atoms with van der Waals surface area (Å²) in [5.74, 6) is 7.96. The molecule has 0 aliphatic carbocycles. The first-order chi connectivity index (χ1) is 25.5. The number of nitrogens with zero attached hydrogens (tertiary/aromatic N) is 5. The standard InChI is InChI=1S/C40H48N8O5/c1-23(2)25(5)38(49)47-18-8-9-33(47)36-41-21-32(44-36)28-15-12-26(13-16-28)10-11-27-14-17-30-31(19-27)43-37(42-30)34-20-29(46-53-7)22-48(34)39(50)35(24(3)4)45-40(51)52-6/h12-17,19,21,23-25,33-35H,8-9,18,20,22H2,1-7H3,(H,41,44)(H,42,43)(H,45,51)/b46-29-/t25-,33-,34-,35-/m0/s1. The van der Waals surface area contributed by atoms with Gasteiger partial charge >= 0.3 is 6.09 Å². The van der Waals surface area contributed by atoms with Crippen LogP contribution in [0.1, 0.15) is 88.7 Å². The average molecular weight is 721 g/mol. The molecular weight excluding hydrogens is 672 g/mol. The molecule has 0 unspecified atom stereocenters. The van der Waals surface area contributed by atoms with Gasteiger partial charge in [-0.2, -0.15) is 0 Å². The second-order valence-electron chi connectivity index (χ2n) is 14.5. The third-order valence-electron chi connectivity index (χ3n) is 10.2. The van der Waals surface area contributed by atoms with E-state index in [1.807, 2.05) is 74.3 Å². The Morgan fingerprint density at radius 2 is 1.64 bits per heavy atom. The van der Waals surface area contributed by atoms with Gasteiger partial charge in [0, 0.05) is 41.8 Å². The summed E-state index contributed by atoms with van der Waals surface area (Å²) in [6.07, 6.45) is 3.54. The first-order valence-corrected chi connectivity index (χ1v) is 18.2. The number of hydrogen-bond donors (Lipinski definition) is 3. The molecule has 0 spiro atoms. The van der Waals surface area contributed by atoms with Gasteiger partial charge in [-0.05, 0) is 55.0 Å². The lowest BCUT2D eigenvalue weighted by Crippen LogP contribution is -2.51. The van der Waals surface area contributed by atoms with Gasteiger partial charge in [-0.1, -0.05) is 63.7 Å². The number of hydrogen-bond acceptors (Lipinski definition) is 8. The molecule has 278 valence electrons. The molecule has 13 nitrogen and oxygen atoms in total. The van der Waals surface area contributed by atoms with Crippen molar-refractivity contribution >= 4 is 34.7 Å². The Morgan fingerprint density at radius 3 is 2.34 bits per heavy atom. The maximum atomic E-state index is 13.8. The summed E-state index contributed by atoms with van der Waals surface area (Å²) in [7, 11) is 2.74. The predicted molar refractivity (Wildman–Crippen MR) is 201 cm³/mol. The van der Waals surface area contributed by atoms with Gasteiger partial charge in [-0.25, -0.2) is 14.8 Å². The number of fused-ring (bicyclic) bond motifs is 1. The summed E-state index contributed by atoms with van der Waals surface area (Å²) >= 11 is 0. The third-order valence-corrected chi connectivity index (χ3v) is 10.2. The second kappa shape index (κ2) is 15.9. The third kappa shape index (κ3) is 8.06. The molecule has 2 aliphatic heterocycles. The van der Waals surface area contributed by atoms with Gasteiger partial charge in [-0.3, -0.25) is 9.59 Å². The number of carbonyl (C=O) groups excluding carboxylic acids is 3. The number of nitrogens with one attached hydrogen (secondary N) is 3. The van der Waals surface area contributed by atoms with Crippen LogP contribution in [-0.2, 0) is 19.2 Å². The fraction of sp³-hybridized carbons (Fsp3) is 0.450. The molecular formula is C40H48N8O5. The van der Waals surface area contributed by atoms with E-state index < -0.39 is 18.2 Å². The molecule has 4 atom stereocenters. The monoisotopic (exact) mass is 720 g/mol. The largest absolute Gasteiger partial charge is 0.453 e. The molecule has 13 heteroatoms. The zero-order chi connectivity index (χ0) is 37.8. The number of oxime groups is 1. The van der Waals surface area contributed by atoms with Crippen LogP contribution in [-0.4, -0.2) is 86.7 Å². The Labute approximate surface area is 309 Å². The van der Waals surface area contributed by atoms with Crippen molar-refractivity contribution in [1.29, 1.82) is 0 Å². The van der Waals surface area contributed by atoms with Gasteiger partial charge in [0.25, 0.3) is 0 Å². The number of likely N-dealkylation sites (tertiary alicyclic amines) is 2. The topological polar surface area (TPSA) is 158 Å². The Hall–Kier alpha value is -5.64. The van der Waals surface area contributed by atoms with Crippen LogP contribution in [0.2, 0.25) is 0 Å². The maximum Gasteiger partial charge on any atom is 0.407 e. The van der Waals surface area contributed by atoms with Crippen LogP contribution >= 0.6 is 0 Å². The van der Waals surface area contributed by atoms with E-state index >= 15 is 0 Å². The van der Waals surface area contributed by atoms with E-state index in [4.69, 9.17) is 19.5 Å². The van der Waals surface area contributed by atoms with Crippen molar-refractivity contribution in [3.8, 4) is 23.1 Å². The Bertz CT molecular complexity index is 2050. The van der Waals surface area contributed by atoms with Crippen LogP contribution in [0.15, 0.2) is 53.8 Å². The van der Waals surface area contributed by atoms with Crippen LogP contribution in [0.5, 0.6) is 0 Å². The number of amides is 3. The summed E-state index contributed by atoms with van der Waals surface area (Å²) in [6.45, 7) is 10.9. The first-order valence-electron chi connectivity index (χ1n) is 18.2. The van der Waals surface area contributed by atoms with E-state index in [9.17, 15) is 14.4 Å². The van der Waals surface area contributed by atoms with Crippen LogP contribution in [0, 0.1) is 29.6 Å². The number of rotatable bonds is 9. The fourth-order valence-corrected chi connectivity index (χ4v) is 6.90. The summed E-state index contributed by atoms with van der Waals surface area (Å²) in [5, 5.41) is 6.80. The highest BCUT2D eigenvalue weighted by atomic mass is 16.6. The van der Waals surface area contributed by atoms with E-state index in [1.54, 1.807) is 4.90 Å². The molecule has 2 aromatic carbocycles. The lowest BCUT2D eigenvalue weighted by Gasteiger charge is -2.29. The van der Waals surface area contributed by atoms with Crippen molar-refractivity contribution in [2.75, 3.05) is 27.3 Å². The molecule has 4 heterocycles. The fourth-order valence-electron chi connectivity index (χ4n) is 6.90. The highest BCUT2D eigenvalue weighted by molar-refractivity contribution is 5.96.